The Bertz CT molecular complexity index is 558. The fourth-order valence-electron chi connectivity index (χ4n) is 1.84. The van der Waals surface area contributed by atoms with Crippen LogP contribution >= 0.6 is 0 Å². The summed E-state index contributed by atoms with van der Waals surface area (Å²) < 4.78 is 51.6. The molecule has 100 valence electrons. The lowest BCUT2D eigenvalue weighted by Gasteiger charge is -2.16. The third-order valence-electron chi connectivity index (χ3n) is 3.07. The van der Waals surface area contributed by atoms with E-state index in [0.29, 0.717) is 11.1 Å². The van der Waals surface area contributed by atoms with Gasteiger partial charge in [-0.3, -0.25) is 0 Å². The molecule has 2 rings (SSSR count). The molecule has 2 aromatic rings. The second-order valence-corrected chi connectivity index (χ2v) is 4.37. The molecule has 0 fully saturated rings. The van der Waals surface area contributed by atoms with Crippen molar-refractivity contribution in [3.63, 3.8) is 0 Å². The van der Waals surface area contributed by atoms with Crippen molar-refractivity contribution in [2.45, 2.75) is 19.0 Å². The molecule has 0 spiro atoms. The first-order chi connectivity index (χ1) is 8.89. The third kappa shape index (κ3) is 2.95. The van der Waals surface area contributed by atoms with Crippen molar-refractivity contribution in [3.05, 3.63) is 59.9 Å². The van der Waals surface area contributed by atoms with E-state index in [1.165, 1.54) is 12.1 Å². The van der Waals surface area contributed by atoms with E-state index < -0.39 is 17.9 Å². The third-order valence-corrected chi connectivity index (χ3v) is 3.07. The Labute approximate surface area is 108 Å². The van der Waals surface area contributed by atoms with Crippen LogP contribution in [0.25, 0.3) is 11.1 Å². The number of hydrogen-bond donors (Lipinski definition) is 0. The lowest BCUT2D eigenvalue weighted by atomic mass is 9.96. The zero-order chi connectivity index (χ0) is 14.0. The molecule has 0 aliphatic rings. The molecule has 0 N–H and O–H groups in total. The van der Waals surface area contributed by atoms with Crippen LogP contribution in [0, 0.1) is 5.82 Å². The lowest BCUT2D eigenvalue weighted by molar-refractivity contribution is -0.146. The highest BCUT2D eigenvalue weighted by atomic mass is 19.4. The van der Waals surface area contributed by atoms with Crippen LogP contribution in [-0.4, -0.2) is 6.18 Å². The quantitative estimate of drug-likeness (QED) is 0.660. The molecular weight excluding hydrogens is 256 g/mol. The molecule has 0 saturated carbocycles. The summed E-state index contributed by atoms with van der Waals surface area (Å²) in [5.41, 5.74) is 0.884. The fraction of sp³-hybridized carbons (Fsp3) is 0.200. The number of halogens is 4. The van der Waals surface area contributed by atoms with Crippen LogP contribution in [0.3, 0.4) is 0 Å². The maximum absolute atomic E-state index is 13.9. The highest BCUT2D eigenvalue weighted by molar-refractivity contribution is 5.64. The van der Waals surface area contributed by atoms with Crippen molar-refractivity contribution >= 4 is 0 Å². The van der Waals surface area contributed by atoms with E-state index >= 15 is 0 Å². The number of rotatable bonds is 2. The molecule has 19 heavy (non-hydrogen) atoms. The van der Waals surface area contributed by atoms with E-state index in [1.807, 2.05) is 0 Å². The summed E-state index contributed by atoms with van der Waals surface area (Å²) in [6, 6.07) is 12.4. The predicted molar refractivity (Wildman–Crippen MR) is 66.3 cm³/mol. The molecule has 0 bridgehead atoms. The minimum Gasteiger partial charge on any atom is -0.206 e. The van der Waals surface area contributed by atoms with E-state index in [2.05, 4.69) is 0 Å². The second-order valence-electron chi connectivity index (χ2n) is 4.37. The van der Waals surface area contributed by atoms with E-state index in [-0.39, 0.29) is 5.56 Å². The van der Waals surface area contributed by atoms with Gasteiger partial charge in [-0.05, 0) is 24.1 Å². The Morgan fingerprint density at radius 2 is 1.58 bits per heavy atom. The average molecular weight is 268 g/mol. The summed E-state index contributed by atoms with van der Waals surface area (Å²) in [4.78, 5) is 0. The SMILES string of the molecule is C[C@@H](c1ccc(-c2ccccc2)c(F)c1)C(F)(F)F. The molecule has 1 atom stereocenters. The van der Waals surface area contributed by atoms with E-state index in [9.17, 15) is 17.6 Å². The maximum atomic E-state index is 13.9. The van der Waals surface area contributed by atoms with Crippen LogP contribution in [0.5, 0.6) is 0 Å². The van der Waals surface area contributed by atoms with Gasteiger partial charge in [-0.15, -0.1) is 0 Å². The first-order valence-electron chi connectivity index (χ1n) is 5.81. The van der Waals surface area contributed by atoms with E-state index in [4.69, 9.17) is 0 Å². The van der Waals surface area contributed by atoms with Gasteiger partial charge in [0.05, 0.1) is 5.92 Å². The Morgan fingerprint density at radius 1 is 0.947 bits per heavy atom. The van der Waals surface area contributed by atoms with Crippen LogP contribution in [0.2, 0.25) is 0 Å². The summed E-state index contributed by atoms with van der Waals surface area (Å²) >= 11 is 0. The Balaban J connectivity index is 2.38. The largest absolute Gasteiger partial charge is 0.395 e. The maximum Gasteiger partial charge on any atom is 0.395 e. The van der Waals surface area contributed by atoms with Crippen molar-refractivity contribution in [3.8, 4) is 11.1 Å². The minimum atomic E-state index is -4.36. The van der Waals surface area contributed by atoms with Gasteiger partial charge in [0.2, 0.25) is 0 Å². The summed E-state index contributed by atoms with van der Waals surface area (Å²) in [7, 11) is 0. The highest BCUT2D eigenvalue weighted by Gasteiger charge is 2.37. The highest BCUT2D eigenvalue weighted by Crippen LogP contribution is 2.35. The van der Waals surface area contributed by atoms with Crippen LogP contribution in [0.15, 0.2) is 48.5 Å². The molecular formula is C15H12F4. The monoisotopic (exact) mass is 268 g/mol. The molecule has 0 aliphatic carbocycles. The van der Waals surface area contributed by atoms with Gasteiger partial charge in [0.1, 0.15) is 5.82 Å². The number of hydrogen-bond acceptors (Lipinski definition) is 0. The van der Waals surface area contributed by atoms with Crippen LogP contribution in [0.1, 0.15) is 18.4 Å². The minimum absolute atomic E-state index is 0.0651. The van der Waals surface area contributed by atoms with Gasteiger partial charge in [0, 0.05) is 5.56 Å². The van der Waals surface area contributed by atoms with E-state index in [1.54, 1.807) is 30.3 Å². The molecule has 0 saturated heterocycles. The summed E-state index contributed by atoms with van der Waals surface area (Å²) in [5, 5.41) is 0. The van der Waals surface area contributed by atoms with Crippen molar-refractivity contribution in [1.29, 1.82) is 0 Å². The molecule has 0 aliphatic heterocycles. The number of alkyl halides is 3. The van der Waals surface area contributed by atoms with Gasteiger partial charge >= 0.3 is 6.18 Å². The molecule has 4 heteroatoms. The fourth-order valence-corrected chi connectivity index (χ4v) is 1.84. The topological polar surface area (TPSA) is 0 Å². The van der Waals surface area contributed by atoms with Crippen molar-refractivity contribution in [2.24, 2.45) is 0 Å². The Morgan fingerprint density at radius 3 is 2.11 bits per heavy atom. The van der Waals surface area contributed by atoms with Gasteiger partial charge < -0.3 is 0 Å². The average Bonchev–Trinajstić information content (AvgIpc) is 2.37. The van der Waals surface area contributed by atoms with Crippen LogP contribution in [-0.2, 0) is 0 Å². The summed E-state index contributed by atoms with van der Waals surface area (Å²) in [5.74, 6) is -2.31. The summed E-state index contributed by atoms with van der Waals surface area (Å²) in [6.45, 7) is 1.02. The van der Waals surface area contributed by atoms with Gasteiger partial charge in [-0.1, -0.05) is 42.5 Å². The lowest BCUT2D eigenvalue weighted by Crippen LogP contribution is -2.17. The van der Waals surface area contributed by atoms with Crippen molar-refractivity contribution in [2.75, 3.05) is 0 Å². The molecule has 0 amide bonds. The first kappa shape index (κ1) is 13.6. The van der Waals surface area contributed by atoms with Gasteiger partial charge in [-0.25, -0.2) is 4.39 Å². The zero-order valence-corrected chi connectivity index (χ0v) is 10.2. The molecule has 2 aromatic carbocycles. The van der Waals surface area contributed by atoms with Crippen LogP contribution < -0.4 is 0 Å². The predicted octanol–water partition coefficient (Wildman–Crippen LogP) is 5.16. The first-order valence-corrected chi connectivity index (χ1v) is 5.81. The van der Waals surface area contributed by atoms with E-state index in [0.717, 1.165) is 13.0 Å². The summed E-state index contributed by atoms with van der Waals surface area (Å²) in [6.07, 6.45) is -4.36. The Hall–Kier alpha value is -1.84. The van der Waals surface area contributed by atoms with Crippen LogP contribution in [0.4, 0.5) is 17.6 Å². The molecule has 0 radical (unpaired) electrons. The molecule has 0 heterocycles. The Kier molecular flexibility index (Phi) is 3.60. The number of benzene rings is 2. The zero-order valence-electron chi connectivity index (χ0n) is 10.2. The van der Waals surface area contributed by atoms with Gasteiger partial charge in [0.15, 0.2) is 0 Å². The van der Waals surface area contributed by atoms with Crippen molar-refractivity contribution < 1.29 is 17.6 Å². The molecule has 0 aromatic heterocycles. The second kappa shape index (κ2) is 5.03. The van der Waals surface area contributed by atoms with Gasteiger partial charge in [0.25, 0.3) is 0 Å². The molecule has 0 nitrogen and oxygen atoms in total. The van der Waals surface area contributed by atoms with Crippen molar-refractivity contribution in [1.82, 2.24) is 0 Å². The standard InChI is InChI=1S/C15H12F4/c1-10(15(17,18)19)12-7-8-13(14(16)9-12)11-5-3-2-4-6-11/h2-10H,1H3/t10-/m0/s1. The normalized spacial score (nSPS) is 13.3. The smallest absolute Gasteiger partial charge is 0.206 e. The molecule has 0 unspecified atom stereocenters. The van der Waals surface area contributed by atoms with Gasteiger partial charge in [-0.2, -0.15) is 13.2 Å².